The third-order valence-corrected chi connectivity index (χ3v) is 5.85. The number of carboxylic acid groups (broad SMARTS) is 1. The number of carbonyl (C=O) groups is 3. The fourth-order valence-electron chi connectivity index (χ4n) is 4.10. The van der Waals surface area contributed by atoms with Crippen LogP contribution in [0.5, 0.6) is 0 Å². The number of aliphatic hydroxyl groups is 1. The summed E-state index contributed by atoms with van der Waals surface area (Å²) < 4.78 is 1.73. The van der Waals surface area contributed by atoms with Crippen LogP contribution in [0.2, 0.25) is 0 Å². The number of aliphatic hydroxyl groups excluding tert-OH is 1. The van der Waals surface area contributed by atoms with Gasteiger partial charge in [-0.05, 0) is 42.2 Å². The highest BCUT2D eigenvalue weighted by molar-refractivity contribution is 6.03. The number of nitrogens with zero attached hydrogens (tertiary/aromatic N) is 3. The number of hydrogen-bond acceptors (Lipinski definition) is 5. The van der Waals surface area contributed by atoms with Crippen LogP contribution < -0.4 is 0 Å². The number of benzene rings is 2. The highest BCUT2D eigenvalue weighted by Gasteiger charge is 2.27. The maximum absolute atomic E-state index is 13.6. The van der Waals surface area contributed by atoms with Crippen LogP contribution in [0, 0.1) is 0 Å². The third kappa shape index (κ3) is 4.56. The van der Waals surface area contributed by atoms with Crippen molar-refractivity contribution >= 4 is 17.7 Å². The second-order valence-corrected chi connectivity index (χ2v) is 8.09. The number of carboxylic acids is 1. The van der Waals surface area contributed by atoms with Gasteiger partial charge in [-0.25, -0.2) is 9.78 Å². The zero-order valence-electron chi connectivity index (χ0n) is 18.3. The van der Waals surface area contributed by atoms with Gasteiger partial charge < -0.3 is 19.7 Å². The van der Waals surface area contributed by atoms with Gasteiger partial charge in [-0.15, -0.1) is 0 Å². The summed E-state index contributed by atoms with van der Waals surface area (Å²) in [6, 6.07) is 12.3. The molecule has 33 heavy (non-hydrogen) atoms. The quantitative estimate of drug-likeness (QED) is 0.539. The molecule has 0 unspecified atom stereocenters. The van der Waals surface area contributed by atoms with Gasteiger partial charge in [0.15, 0.2) is 5.78 Å². The number of rotatable bonds is 7. The van der Waals surface area contributed by atoms with Crippen molar-refractivity contribution in [1.29, 1.82) is 0 Å². The van der Waals surface area contributed by atoms with Crippen molar-refractivity contribution in [3.8, 4) is 11.4 Å². The van der Waals surface area contributed by atoms with Crippen molar-refractivity contribution in [3.05, 3.63) is 76.6 Å². The van der Waals surface area contributed by atoms with E-state index in [0.717, 1.165) is 12.0 Å². The zero-order valence-corrected chi connectivity index (χ0v) is 18.3. The van der Waals surface area contributed by atoms with E-state index in [1.165, 1.54) is 24.6 Å². The van der Waals surface area contributed by atoms with Crippen LogP contribution in [0.4, 0.5) is 0 Å². The molecule has 0 aliphatic carbocycles. The number of fused-ring (bicyclic) bond motifs is 1. The van der Waals surface area contributed by atoms with Crippen molar-refractivity contribution in [1.82, 2.24) is 14.5 Å². The average molecular weight is 447 g/mol. The summed E-state index contributed by atoms with van der Waals surface area (Å²) in [5.74, 6) is -1.25. The first-order chi connectivity index (χ1) is 15.9. The Balaban J connectivity index is 1.79. The molecular weight excluding hydrogens is 422 g/mol. The highest BCUT2D eigenvalue weighted by Crippen LogP contribution is 2.28. The van der Waals surface area contributed by atoms with E-state index in [4.69, 9.17) is 0 Å². The van der Waals surface area contributed by atoms with E-state index in [-0.39, 0.29) is 35.1 Å². The molecule has 2 aromatic carbocycles. The lowest BCUT2D eigenvalue weighted by Gasteiger charge is -2.29. The fraction of sp³-hybridized carbons (Fsp3) is 0.280. The number of imidazole rings is 1. The maximum Gasteiger partial charge on any atom is 0.335 e. The van der Waals surface area contributed by atoms with Crippen LogP contribution in [-0.4, -0.2) is 55.5 Å². The number of aromatic carboxylic acids is 1. The van der Waals surface area contributed by atoms with Gasteiger partial charge in [-0.2, -0.15) is 0 Å². The number of Topliss-reactive ketones (excluding diaryl/α,β-unsaturated/α-hetero) is 1. The zero-order chi connectivity index (χ0) is 23.5. The second kappa shape index (κ2) is 9.38. The van der Waals surface area contributed by atoms with E-state index in [1.54, 1.807) is 21.7 Å². The first kappa shape index (κ1) is 22.4. The number of amides is 1. The molecule has 1 aromatic heterocycles. The molecule has 1 amide bonds. The fourth-order valence-corrected chi connectivity index (χ4v) is 4.10. The molecule has 8 heteroatoms. The average Bonchev–Trinajstić information content (AvgIpc) is 3.26. The molecule has 0 saturated carbocycles. The van der Waals surface area contributed by atoms with Gasteiger partial charge in [0.1, 0.15) is 11.5 Å². The Bertz CT molecular complexity index is 1230. The molecule has 1 aliphatic heterocycles. The summed E-state index contributed by atoms with van der Waals surface area (Å²) in [7, 11) is 0. The van der Waals surface area contributed by atoms with E-state index in [0.29, 0.717) is 37.4 Å². The van der Waals surface area contributed by atoms with Gasteiger partial charge in [0.25, 0.3) is 5.91 Å². The molecule has 8 nitrogen and oxygen atoms in total. The molecule has 0 fully saturated rings. The molecule has 0 spiro atoms. The van der Waals surface area contributed by atoms with Crippen LogP contribution in [0.15, 0.2) is 48.7 Å². The monoisotopic (exact) mass is 447 g/mol. The predicted octanol–water partition coefficient (Wildman–Crippen LogP) is 3.03. The standard InChI is InChI=1S/C25H25N3O5/c1-16(30)22-15-27(10-4-12-29)23(26-22)20-8-7-18(25(32)33)13-21(20)24(31)28-11-9-17-5-2-3-6-19(17)14-28/h2-3,5-8,13,15,29H,4,9-12,14H2,1H3,(H,32,33). The Morgan fingerprint density at radius 2 is 1.85 bits per heavy atom. The number of aryl methyl sites for hydroxylation is 1. The number of hydrogen-bond donors (Lipinski definition) is 2. The van der Waals surface area contributed by atoms with Crippen molar-refractivity contribution in [2.45, 2.75) is 32.9 Å². The Kier molecular flexibility index (Phi) is 6.37. The Labute approximate surface area is 191 Å². The maximum atomic E-state index is 13.6. The molecule has 170 valence electrons. The van der Waals surface area contributed by atoms with Gasteiger partial charge in [-0.1, -0.05) is 24.3 Å². The first-order valence-corrected chi connectivity index (χ1v) is 10.8. The van der Waals surface area contributed by atoms with E-state index in [9.17, 15) is 24.6 Å². The van der Waals surface area contributed by atoms with Gasteiger partial charge in [0, 0.05) is 44.9 Å². The second-order valence-electron chi connectivity index (χ2n) is 8.09. The van der Waals surface area contributed by atoms with E-state index < -0.39 is 5.97 Å². The van der Waals surface area contributed by atoms with Crippen molar-refractivity contribution < 1.29 is 24.6 Å². The molecule has 2 heterocycles. The topological polar surface area (TPSA) is 113 Å². The minimum absolute atomic E-state index is 0.000217. The first-order valence-electron chi connectivity index (χ1n) is 10.8. The summed E-state index contributed by atoms with van der Waals surface area (Å²) in [4.78, 5) is 43.4. The third-order valence-electron chi connectivity index (χ3n) is 5.85. The molecule has 0 saturated heterocycles. The molecule has 0 radical (unpaired) electrons. The molecule has 3 aromatic rings. The Morgan fingerprint density at radius 3 is 2.55 bits per heavy atom. The van der Waals surface area contributed by atoms with E-state index in [2.05, 4.69) is 11.1 Å². The van der Waals surface area contributed by atoms with Crippen LogP contribution >= 0.6 is 0 Å². The normalized spacial score (nSPS) is 13.0. The van der Waals surface area contributed by atoms with Crippen molar-refractivity contribution in [3.63, 3.8) is 0 Å². The molecule has 4 rings (SSSR count). The number of aromatic nitrogens is 2. The van der Waals surface area contributed by atoms with E-state index >= 15 is 0 Å². The van der Waals surface area contributed by atoms with Gasteiger partial charge in [0.05, 0.1) is 11.1 Å². The largest absolute Gasteiger partial charge is 0.478 e. The van der Waals surface area contributed by atoms with Gasteiger partial charge >= 0.3 is 5.97 Å². The summed E-state index contributed by atoms with van der Waals surface area (Å²) >= 11 is 0. The lowest BCUT2D eigenvalue weighted by atomic mass is 9.97. The minimum atomic E-state index is -1.13. The SMILES string of the molecule is CC(=O)c1cn(CCCO)c(-c2ccc(C(=O)O)cc2C(=O)N2CCc3ccccc3C2)n1. The molecular formula is C25H25N3O5. The smallest absolute Gasteiger partial charge is 0.335 e. The summed E-state index contributed by atoms with van der Waals surface area (Å²) in [5.41, 5.74) is 3.19. The highest BCUT2D eigenvalue weighted by atomic mass is 16.4. The molecule has 0 atom stereocenters. The molecule has 0 bridgehead atoms. The molecule has 1 aliphatic rings. The summed E-state index contributed by atoms with van der Waals surface area (Å²) in [6.07, 6.45) is 2.76. The summed E-state index contributed by atoms with van der Waals surface area (Å²) in [6.45, 7) is 2.72. The lowest BCUT2D eigenvalue weighted by molar-refractivity contribution is 0.0696. The van der Waals surface area contributed by atoms with Crippen molar-refractivity contribution in [2.24, 2.45) is 0 Å². The van der Waals surface area contributed by atoms with Gasteiger partial charge in [0.2, 0.25) is 0 Å². The summed E-state index contributed by atoms with van der Waals surface area (Å²) in [5, 5.41) is 18.8. The van der Waals surface area contributed by atoms with Crippen LogP contribution in [-0.2, 0) is 19.5 Å². The van der Waals surface area contributed by atoms with E-state index in [1.807, 2.05) is 18.2 Å². The molecule has 2 N–H and O–H groups in total. The van der Waals surface area contributed by atoms with Crippen molar-refractivity contribution in [2.75, 3.05) is 13.2 Å². The Hall–Kier alpha value is -3.78. The van der Waals surface area contributed by atoms with Crippen LogP contribution in [0.3, 0.4) is 0 Å². The lowest BCUT2D eigenvalue weighted by Crippen LogP contribution is -2.36. The predicted molar refractivity (Wildman–Crippen MR) is 121 cm³/mol. The number of carbonyl (C=O) groups excluding carboxylic acids is 2. The van der Waals surface area contributed by atoms with Crippen LogP contribution in [0.25, 0.3) is 11.4 Å². The number of ketones is 1. The van der Waals surface area contributed by atoms with Crippen LogP contribution in [0.1, 0.15) is 55.7 Å². The van der Waals surface area contributed by atoms with Gasteiger partial charge in [-0.3, -0.25) is 9.59 Å². The minimum Gasteiger partial charge on any atom is -0.478 e. The Morgan fingerprint density at radius 1 is 1.09 bits per heavy atom.